The molecule has 3 rings (SSSR count). The molecule has 1 aliphatic rings. The zero-order chi connectivity index (χ0) is 18.4. The zero-order valence-electron chi connectivity index (χ0n) is 15.9. The molecule has 0 atom stereocenters. The van der Waals surface area contributed by atoms with E-state index in [0.29, 0.717) is 18.7 Å². The van der Waals surface area contributed by atoms with Crippen LogP contribution in [-0.4, -0.2) is 15.8 Å². The van der Waals surface area contributed by atoms with Crippen LogP contribution in [0.1, 0.15) is 76.6 Å². The Morgan fingerprint density at radius 2 is 2.00 bits per heavy atom. The maximum atomic E-state index is 12.9. The molecule has 4 nitrogen and oxygen atoms in total. The monoisotopic (exact) mass is 360 g/mol. The average Bonchev–Trinajstić information content (AvgIpc) is 2.82. The van der Waals surface area contributed by atoms with Gasteiger partial charge in [0.15, 0.2) is 0 Å². The molecule has 0 saturated heterocycles. The highest BCUT2D eigenvalue weighted by atomic mass is 32.1. The van der Waals surface area contributed by atoms with Gasteiger partial charge >= 0.3 is 0 Å². The predicted molar refractivity (Wildman–Crippen MR) is 104 cm³/mol. The van der Waals surface area contributed by atoms with Gasteiger partial charge in [0.1, 0.15) is 16.4 Å². The number of nitrogens with one attached hydrogen (secondary N) is 1. The summed E-state index contributed by atoms with van der Waals surface area (Å²) in [7, 11) is 0. The van der Waals surface area contributed by atoms with Crippen LogP contribution < -0.4 is 5.56 Å². The lowest BCUT2D eigenvalue weighted by atomic mass is 9.67. The fourth-order valence-corrected chi connectivity index (χ4v) is 5.92. The highest BCUT2D eigenvalue weighted by Gasteiger charge is 2.36. The summed E-state index contributed by atoms with van der Waals surface area (Å²) in [6.07, 6.45) is 5.35. The quantitative estimate of drug-likeness (QED) is 0.874. The van der Waals surface area contributed by atoms with Gasteiger partial charge in [-0.3, -0.25) is 4.79 Å². The molecular weight excluding hydrogens is 332 g/mol. The van der Waals surface area contributed by atoms with Crippen molar-refractivity contribution < 1.29 is 4.79 Å². The van der Waals surface area contributed by atoms with Crippen LogP contribution in [0.4, 0.5) is 0 Å². The molecule has 0 radical (unpaired) electrons. The standard InChI is InChI=1S/C20H28N2O2S/c1-12(23)8-9-14-21-17(24)15-16-13(25-18(15)22-14)7-6-10-19(2,3)11-20(16,4)5/h6-11H2,1-5H3,(H,21,22,24). The molecule has 1 N–H and O–H groups in total. The third-order valence-corrected chi connectivity index (χ3v) is 6.40. The van der Waals surface area contributed by atoms with E-state index >= 15 is 0 Å². The van der Waals surface area contributed by atoms with Crippen LogP contribution in [0.5, 0.6) is 0 Å². The normalized spacial score (nSPS) is 19.2. The first kappa shape index (κ1) is 18.3. The Morgan fingerprint density at radius 3 is 2.68 bits per heavy atom. The number of carbonyl (C=O) groups excluding carboxylic acids is 1. The van der Waals surface area contributed by atoms with Crippen molar-refractivity contribution >= 4 is 27.3 Å². The number of aryl methyl sites for hydroxylation is 2. The summed E-state index contributed by atoms with van der Waals surface area (Å²) in [5.41, 5.74) is 1.38. The minimum Gasteiger partial charge on any atom is -0.310 e. The Labute approximate surface area is 153 Å². The molecule has 0 unspecified atom stereocenters. The van der Waals surface area contributed by atoms with E-state index in [1.807, 2.05) is 0 Å². The van der Waals surface area contributed by atoms with Gasteiger partial charge in [-0.15, -0.1) is 11.3 Å². The first-order chi connectivity index (χ1) is 11.6. The third kappa shape index (κ3) is 3.71. The van der Waals surface area contributed by atoms with Crippen molar-refractivity contribution in [3.05, 3.63) is 26.6 Å². The number of hydrogen-bond acceptors (Lipinski definition) is 4. The van der Waals surface area contributed by atoms with Crippen molar-refractivity contribution in [2.24, 2.45) is 5.41 Å². The fourth-order valence-electron chi connectivity index (χ4n) is 4.50. The minimum absolute atomic E-state index is 0.0485. The van der Waals surface area contributed by atoms with Crippen molar-refractivity contribution in [2.45, 2.75) is 78.6 Å². The van der Waals surface area contributed by atoms with E-state index < -0.39 is 0 Å². The number of rotatable bonds is 3. The zero-order valence-corrected chi connectivity index (χ0v) is 16.7. The second-order valence-electron chi connectivity index (χ2n) is 8.87. The lowest BCUT2D eigenvalue weighted by molar-refractivity contribution is -0.117. The van der Waals surface area contributed by atoms with E-state index in [1.165, 1.54) is 16.9 Å². The second-order valence-corrected chi connectivity index (χ2v) is 9.96. The van der Waals surface area contributed by atoms with Gasteiger partial charge in [-0.2, -0.15) is 0 Å². The molecule has 136 valence electrons. The summed E-state index contributed by atoms with van der Waals surface area (Å²) in [4.78, 5) is 33.8. The lowest BCUT2D eigenvalue weighted by Gasteiger charge is -2.37. The third-order valence-electron chi connectivity index (χ3n) is 5.25. The Kier molecular flexibility index (Phi) is 4.65. The molecule has 0 fully saturated rings. The summed E-state index contributed by atoms with van der Waals surface area (Å²) in [5, 5.41) is 0.772. The van der Waals surface area contributed by atoms with Gasteiger partial charge in [-0.05, 0) is 49.0 Å². The number of hydrogen-bond donors (Lipinski definition) is 1. The van der Waals surface area contributed by atoms with Gasteiger partial charge in [-0.1, -0.05) is 27.7 Å². The molecule has 0 spiro atoms. The van der Waals surface area contributed by atoms with E-state index in [0.717, 1.165) is 29.5 Å². The molecule has 0 saturated carbocycles. The average molecular weight is 361 g/mol. The number of ketones is 1. The van der Waals surface area contributed by atoms with E-state index in [-0.39, 0.29) is 22.2 Å². The molecular formula is C20H28N2O2S. The van der Waals surface area contributed by atoms with Gasteiger partial charge < -0.3 is 9.78 Å². The first-order valence-electron chi connectivity index (χ1n) is 9.14. The van der Waals surface area contributed by atoms with Gasteiger partial charge in [0, 0.05) is 17.7 Å². The van der Waals surface area contributed by atoms with Gasteiger partial charge in [0.05, 0.1) is 5.39 Å². The van der Waals surface area contributed by atoms with Crippen LogP contribution in [0, 0.1) is 5.41 Å². The Bertz CT molecular complexity index is 874. The summed E-state index contributed by atoms with van der Waals surface area (Å²) in [6.45, 7) is 10.7. The highest BCUT2D eigenvalue weighted by molar-refractivity contribution is 7.18. The topological polar surface area (TPSA) is 62.8 Å². The van der Waals surface area contributed by atoms with E-state index in [2.05, 4.69) is 37.7 Å². The number of H-pyrrole nitrogens is 1. The van der Waals surface area contributed by atoms with Crippen LogP contribution >= 0.6 is 11.3 Å². The molecule has 0 amide bonds. The smallest absolute Gasteiger partial charge is 0.259 e. The SMILES string of the molecule is CC(=O)CCc1nc2sc3c(c2c(=O)[nH]1)C(C)(C)CC(C)(C)CCC3. The highest BCUT2D eigenvalue weighted by Crippen LogP contribution is 2.47. The number of aromatic amines is 1. The maximum Gasteiger partial charge on any atom is 0.259 e. The molecule has 2 aromatic rings. The van der Waals surface area contributed by atoms with Gasteiger partial charge in [0.2, 0.25) is 0 Å². The maximum absolute atomic E-state index is 12.9. The lowest BCUT2D eigenvalue weighted by Crippen LogP contribution is -2.30. The summed E-state index contributed by atoms with van der Waals surface area (Å²) >= 11 is 1.67. The van der Waals surface area contributed by atoms with Gasteiger partial charge in [-0.25, -0.2) is 4.98 Å². The molecule has 1 aliphatic carbocycles. The summed E-state index contributed by atoms with van der Waals surface area (Å²) in [6, 6.07) is 0. The second kappa shape index (κ2) is 6.35. The van der Waals surface area contributed by atoms with E-state index in [9.17, 15) is 9.59 Å². The van der Waals surface area contributed by atoms with Crippen LogP contribution in [0.2, 0.25) is 0 Å². The molecule has 0 aromatic carbocycles. The first-order valence-corrected chi connectivity index (χ1v) is 9.95. The van der Waals surface area contributed by atoms with Crippen molar-refractivity contribution in [1.29, 1.82) is 0 Å². The number of Topliss-reactive ketones (excluding diaryl/α,β-unsaturated/α-hetero) is 1. The van der Waals surface area contributed by atoms with Crippen LogP contribution in [0.25, 0.3) is 10.2 Å². The van der Waals surface area contributed by atoms with E-state index in [1.54, 1.807) is 18.3 Å². The largest absolute Gasteiger partial charge is 0.310 e. The summed E-state index contributed by atoms with van der Waals surface area (Å²) < 4.78 is 0. The number of thiophene rings is 1. The Balaban J connectivity index is 2.14. The molecule has 5 heteroatoms. The molecule has 0 bridgehead atoms. The molecule has 2 aromatic heterocycles. The van der Waals surface area contributed by atoms with Crippen LogP contribution in [0.3, 0.4) is 0 Å². The molecule has 0 aliphatic heterocycles. The van der Waals surface area contributed by atoms with Crippen molar-refractivity contribution in [3.8, 4) is 0 Å². The van der Waals surface area contributed by atoms with Crippen LogP contribution in [-0.2, 0) is 23.1 Å². The Morgan fingerprint density at radius 1 is 1.28 bits per heavy atom. The molecule has 2 heterocycles. The minimum atomic E-state index is -0.0486. The number of fused-ring (bicyclic) bond motifs is 3. The molecule has 25 heavy (non-hydrogen) atoms. The number of carbonyl (C=O) groups is 1. The van der Waals surface area contributed by atoms with Crippen LogP contribution in [0.15, 0.2) is 4.79 Å². The summed E-state index contributed by atoms with van der Waals surface area (Å²) in [5.74, 6) is 0.740. The van der Waals surface area contributed by atoms with Crippen molar-refractivity contribution in [2.75, 3.05) is 0 Å². The Hall–Kier alpha value is -1.49. The number of aromatic nitrogens is 2. The van der Waals surface area contributed by atoms with E-state index in [4.69, 9.17) is 0 Å². The fraction of sp³-hybridized carbons (Fsp3) is 0.650. The van der Waals surface area contributed by atoms with Gasteiger partial charge in [0.25, 0.3) is 5.56 Å². The number of nitrogens with zero attached hydrogens (tertiary/aromatic N) is 1. The van der Waals surface area contributed by atoms with Crippen molar-refractivity contribution in [3.63, 3.8) is 0 Å². The van der Waals surface area contributed by atoms with Crippen molar-refractivity contribution in [1.82, 2.24) is 9.97 Å². The predicted octanol–water partition coefficient (Wildman–Crippen LogP) is 4.54.